The van der Waals surface area contributed by atoms with Crippen LogP contribution < -0.4 is 9.47 Å². The molecule has 4 heterocycles. The van der Waals surface area contributed by atoms with Crippen molar-refractivity contribution in [3.8, 4) is 17.2 Å². The van der Waals surface area contributed by atoms with Crippen molar-refractivity contribution < 1.29 is 38.4 Å². The number of phenolic OH excluding ortho intramolecular Hbond substituents is 1. The highest BCUT2D eigenvalue weighted by molar-refractivity contribution is 6.19. The molecule has 1 spiro atoms. The van der Waals surface area contributed by atoms with Crippen molar-refractivity contribution in [3.05, 3.63) is 69.4 Å². The highest BCUT2D eigenvalue weighted by Gasteiger charge is 2.81. The molecule has 3 aliphatic carbocycles. The monoisotopic (exact) mass is 781 g/mol. The minimum Gasteiger partial charge on any atom is -0.506 e. The summed E-state index contributed by atoms with van der Waals surface area (Å²) in [5.41, 5.74) is -0.387. The first-order chi connectivity index (χ1) is 27.0. The van der Waals surface area contributed by atoms with E-state index in [4.69, 9.17) is 18.9 Å². The molecule has 57 heavy (non-hydrogen) atoms. The summed E-state index contributed by atoms with van der Waals surface area (Å²) in [7, 11) is 0. The Hall–Kier alpha value is -3.95. The maximum Gasteiger partial charge on any atom is 0.333 e. The van der Waals surface area contributed by atoms with Gasteiger partial charge in [0.05, 0.1) is 17.8 Å². The molecule has 7 aliphatic rings. The van der Waals surface area contributed by atoms with Crippen LogP contribution >= 0.6 is 0 Å². The zero-order valence-corrected chi connectivity index (χ0v) is 35.5. The summed E-state index contributed by atoms with van der Waals surface area (Å²) in [4.78, 5) is 45.5. The smallest absolute Gasteiger partial charge is 0.333 e. The first-order valence-electron chi connectivity index (χ1n) is 21.4. The maximum absolute atomic E-state index is 15.0. The van der Waals surface area contributed by atoms with Gasteiger partial charge in [0.1, 0.15) is 28.4 Å². The van der Waals surface area contributed by atoms with E-state index in [0.29, 0.717) is 53.9 Å². The number of ketones is 2. The zero-order valence-electron chi connectivity index (χ0n) is 35.5. The van der Waals surface area contributed by atoms with E-state index in [9.17, 15) is 14.7 Å². The molecule has 1 N–H and O–H groups in total. The van der Waals surface area contributed by atoms with Crippen molar-refractivity contribution in [2.45, 2.75) is 148 Å². The number of rotatable bonds is 14. The van der Waals surface area contributed by atoms with Gasteiger partial charge in [-0.05, 0) is 145 Å². The molecular weight excluding hydrogens is 719 g/mol. The summed E-state index contributed by atoms with van der Waals surface area (Å²) in [5, 5.41) is 12.0. The molecule has 5 unspecified atom stereocenters. The summed E-state index contributed by atoms with van der Waals surface area (Å²) in [6.07, 6.45) is 20.7. The Balaban J connectivity index is 1.21. The summed E-state index contributed by atoms with van der Waals surface area (Å²) >= 11 is 0. The molecule has 1 aromatic carbocycles. The van der Waals surface area contributed by atoms with Crippen LogP contribution in [0.5, 0.6) is 17.2 Å². The lowest BCUT2D eigenvalue weighted by Gasteiger charge is -2.56. The lowest BCUT2D eigenvalue weighted by atomic mass is 9.51. The molecule has 1 saturated carbocycles. The number of benzene rings is 1. The van der Waals surface area contributed by atoms with Crippen LogP contribution in [-0.2, 0) is 25.5 Å². The summed E-state index contributed by atoms with van der Waals surface area (Å²) < 4.78 is 26.8. The van der Waals surface area contributed by atoms with Gasteiger partial charge in [0, 0.05) is 35.0 Å². The number of ether oxygens (including phenoxy) is 4. The van der Waals surface area contributed by atoms with Gasteiger partial charge in [-0.3, -0.25) is 9.59 Å². The molecule has 0 radical (unpaired) electrons. The average Bonchev–Trinajstić information content (AvgIpc) is 3.31. The third-order valence-electron chi connectivity index (χ3n) is 13.3. The van der Waals surface area contributed by atoms with Crippen LogP contribution in [0.3, 0.4) is 0 Å². The molecular formula is C48H63NO8. The molecule has 5 atom stereocenters. The predicted octanol–water partition coefficient (Wildman–Crippen LogP) is 9.35. The summed E-state index contributed by atoms with van der Waals surface area (Å²) in [6, 6.07) is 0. The number of carbonyl (C=O) groups is 3. The van der Waals surface area contributed by atoms with Crippen molar-refractivity contribution >= 4 is 23.6 Å². The maximum atomic E-state index is 15.0. The van der Waals surface area contributed by atoms with Crippen LogP contribution in [0.1, 0.15) is 141 Å². The standard InChI is InChI=1S/C48H63NO8/c1-30(2)16-15-21-46(8)22-20-34-39(50)38-40(51)36-28-33-29-37-45(6,7)57-47(43(33)52,48(36,37)56-42(38)35(41(34)55-46)18-17-31(3)4)23-19-32(5)44(53)54-27-14-10-13-26-49-24-11-9-12-25-49/h16-17,19-20,22,28,33,37,50H,9-15,18,21,23-27,29H2,1-8H3/b32-19-. The van der Waals surface area contributed by atoms with E-state index in [1.807, 2.05) is 46.8 Å². The molecule has 4 aliphatic heterocycles. The number of carbonyl (C=O) groups excluding carboxylic acids is 3. The van der Waals surface area contributed by atoms with E-state index in [0.717, 1.165) is 37.8 Å². The lowest BCUT2D eigenvalue weighted by molar-refractivity contribution is -0.171. The molecule has 308 valence electrons. The van der Waals surface area contributed by atoms with Gasteiger partial charge in [0.25, 0.3) is 0 Å². The predicted molar refractivity (Wildman–Crippen MR) is 222 cm³/mol. The lowest BCUT2D eigenvalue weighted by Crippen LogP contribution is -2.72. The fraction of sp³-hybridized carbons (Fsp3) is 0.604. The van der Waals surface area contributed by atoms with E-state index in [1.54, 1.807) is 19.1 Å². The number of fused-ring (bicyclic) bond motifs is 2. The van der Waals surface area contributed by atoms with Gasteiger partial charge in [0.15, 0.2) is 22.8 Å². The second kappa shape index (κ2) is 15.7. The van der Waals surface area contributed by atoms with Gasteiger partial charge in [-0.25, -0.2) is 4.79 Å². The van der Waals surface area contributed by atoms with Crippen LogP contribution in [0.4, 0.5) is 0 Å². The van der Waals surface area contributed by atoms with Gasteiger partial charge < -0.3 is 29.0 Å². The Morgan fingerprint density at radius 1 is 0.947 bits per heavy atom. The number of unbranched alkanes of at least 4 members (excludes halogenated alkanes) is 2. The number of aromatic hydroxyl groups is 1. The molecule has 9 nitrogen and oxygen atoms in total. The number of likely N-dealkylation sites (tertiary alicyclic amines) is 1. The largest absolute Gasteiger partial charge is 0.506 e. The van der Waals surface area contributed by atoms with Crippen molar-refractivity contribution in [3.63, 3.8) is 0 Å². The normalized spacial score (nSPS) is 29.4. The highest BCUT2D eigenvalue weighted by Crippen LogP contribution is 2.68. The SMILES string of the molecule is CC(C)=CCCC1(C)C=Cc2c(O)c3c(c(CC=C(C)C)c2O1)OC12C(=CC4CC1C(C)(C)OC2(C/C=C(/C)C(=O)OCCCCCN1CCCCC1)C4=O)C3=O. The summed E-state index contributed by atoms with van der Waals surface area (Å²) in [5.74, 6) is -1.36. The second-order valence-electron chi connectivity index (χ2n) is 18.6. The summed E-state index contributed by atoms with van der Waals surface area (Å²) in [6.45, 7) is 19.6. The van der Waals surface area contributed by atoms with Crippen LogP contribution in [0, 0.1) is 11.8 Å². The minimum atomic E-state index is -1.59. The van der Waals surface area contributed by atoms with E-state index < -0.39 is 34.3 Å². The highest BCUT2D eigenvalue weighted by atomic mass is 16.6. The van der Waals surface area contributed by atoms with Gasteiger partial charge >= 0.3 is 5.97 Å². The Morgan fingerprint density at radius 2 is 1.68 bits per heavy atom. The third-order valence-corrected chi connectivity index (χ3v) is 13.3. The fourth-order valence-electron chi connectivity index (χ4n) is 10.2. The van der Waals surface area contributed by atoms with Crippen molar-refractivity contribution in [1.29, 1.82) is 0 Å². The van der Waals surface area contributed by atoms with Gasteiger partial charge in [-0.15, -0.1) is 0 Å². The van der Waals surface area contributed by atoms with Crippen LogP contribution in [0.15, 0.2) is 52.7 Å². The van der Waals surface area contributed by atoms with Crippen LogP contribution in [-0.4, -0.2) is 76.2 Å². The fourth-order valence-corrected chi connectivity index (χ4v) is 10.2. The van der Waals surface area contributed by atoms with E-state index in [1.165, 1.54) is 37.9 Å². The molecule has 9 heteroatoms. The minimum absolute atomic E-state index is 0.0287. The second-order valence-corrected chi connectivity index (χ2v) is 18.6. The van der Waals surface area contributed by atoms with Crippen molar-refractivity contribution in [2.24, 2.45) is 11.8 Å². The van der Waals surface area contributed by atoms with Crippen LogP contribution in [0.25, 0.3) is 6.08 Å². The Morgan fingerprint density at radius 3 is 2.40 bits per heavy atom. The number of piperidine rings is 1. The van der Waals surface area contributed by atoms with Crippen molar-refractivity contribution in [2.75, 3.05) is 26.2 Å². The number of Topliss-reactive ketones (excluding diaryl/α,β-unsaturated/α-hetero) is 2. The van der Waals surface area contributed by atoms with E-state index >= 15 is 4.79 Å². The quantitative estimate of drug-likeness (QED) is 0.0855. The number of allylic oxidation sites excluding steroid dienone is 5. The molecule has 1 aromatic rings. The van der Waals surface area contributed by atoms with Crippen molar-refractivity contribution in [1.82, 2.24) is 4.90 Å². The number of nitrogens with zero attached hydrogens (tertiary/aromatic N) is 1. The third kappa shape index (κ3) is 7.26. The van der Waals surface area contributed by atoms with Gasteiger partial charge in [-0.2, -0.15) is 0 Å². The van der Waals surface area contributed by atoms with E-state index in [-0.39, 0.29) is 41.0 Å². The molecule has 2 saturated heterocycles. The van der Waals surface area contributed by atoms with Gasteiger partial charge in [0.2, 0.25) is 0 Å². The van der Waals surface area contributed by atoms with E-state index in [2.05, 4.69) is 30.9 Å². The topological polar surface area (TPSA) is 112 Å². The van der Waals surface area contributed by atoms with Crippen LogP contribution in [0.2, 0.25) is 0 Å². The first-order valence-corrected chi connectivity index (χ1v) is 21.4. The molecule has 0 amide bonds. The Bertz CT molecular complexity index is 1970. The molecule has 8 rings (SSSR count). The average molecular weight is 782 g/mol. The molecule has 3 fully saturated rings. The first kappa shape index (κ1) is 41.2. The number of hydrogen-bond donors (Lipinski definition) is 1. The Labute approximate surface area is 339 Å². The Kier molecular flexibility index (Phi) is 11.3. The van der Waals surface area contributed by atoms with Gasteiger partial charge in [-0.1, -0.05) is 41.9 Å². The number of phenols is 1. The zero-order chi connectivity index (χ0) is 40.9. The molecule has 0 aromatic heterocycles. The number of hydrogen-bond acceptors (Lipinski definition) is 9. The number of esters is 1. The molecule has 4 bridgehead atoms.